The van der Waals surface area contributed by atoms with Crippen molar-refractivity contribution in [1.82, 2.24) is 0 Å². The van der Waals surface area contributed by atoms with Crippen molar-refractivity contribution in [3.05, 3.63) is 34.8 Å². The SMILES string of the molecule is Cc1cc2c(o1)CCCC2=NCC(=O)C1=CCCC(O)C1. The fourth-order valence-electron chi connectivity index (χ4n) is 3.09. The standard InChI is InChI=1S/C17H21NO3/c1-11-8-14-15(6-3-7-17(14)21-11)18-10-16(20)12-4-2-5-13(19)9-12/h4,8,13,19H,2-3,5-7,9-10H2,1H3. The van der Waals surface area contributed by atoms with Gasteiger partial charge in [-0.1, -0.05) is 6.08 Å². The van der Waals surface area contributed by atoms with Crippen LogP contribution in [0.1, 0.15) is 49.2 Å². The second-order valence-electron chi connectivity index (χ2n) is 5.90. The number of rotatable bonds is 3. The maximum Gasteiger partial charge on any atom is 0.179 e. The molecule has 0 bridgehead atoms. The lowest BCUT2D eigenvalue weighted by atomic mass is 9.93. The van der Waals surface area contributed by atoms with Gasteiger partial charge in [0.2, 0.25) is 0 Å². The van der Waals surface area contributed by atoms with Gasteiger partial charge in [-0.05, 0) is 44.2 Å². The summed E-state index contributed by atoms with van der Waals surface area (Å²) in [6, 6.07) is 2.02. The summed E-state index contributed by atoms with van der Waals surface area (Å²) in [5.74, 6) is 1.94. The van der Waals surface area contributed by atoms with Crippen LogP contribution in [0, 0.1) is 6.92 Å². The van der Waals surface area contributed by atoms with Crippen LogP contribution >= 0.6 is 0 Å². The van der Waals surface area contributed by atoms with E-state index in [1.54, 1.807) is 0 Å². The summed E-state index contributed by atoms with van der Waals surface area (Å²) in [6.07, 6.45) is 6.46. The highest BCUT2D eigenvalue weighted by atomic mass is 16.3. The number of aryl methyl sites for hydroxylation is 2. The number of hydrogen-bond donors (Lipinski definition) is 1. The van der Waals surface area contributed by atoms with Crippen LogP contribution in [-0.2, 0) is 11.2 Å². The molecule has 1 aromatic rings. The number of hydrogen-bond acceptors (Lipinski definition) is 4. The molecule has 1 unspecified atom stereocenters. The zero-order chi connectivity index (χ0) is 14.8. The van der Waals surface area contributed by atoms with Crippen LogP contribution < -0.4 is 0 Å². The van der Waals surface area contributed by atoms with Crippen LogP contribution in [0.2, 0.25) is 0 Å². The molecule has 2 aliphatic rings. The Morgan fingerprint density at radius 1 is 1.48 bits per heavy atom. The van der Waals surface area contributed by atoms with Crippen LogP contribution in [0.3, 0.4) is 0 Å². The molecule has 0 radical (unpaired) electrons. The number of furan rings is 1. The van der Waals surface area contributed by atoms with Crippen molar-refractivity contribution < 1.29 is 14.3 Å². The van der Waals surface area contributed by atoms with Gasteiger partial charge >= 0.3 is 0 Å². The summed E-state index contributed by atoms with van der Waals surface area (Å²) < 4.78 is 5.66. The molecule has 0 saturated heterocycles. The summed E-state index contributed by atoms with van der Waals surface area (Å²) >= 11 is 0. The molecule has 112 valence electrons. The van der Waals surface area contributed by atoms with Gasteiger partial charge in [-0.25, -0.2) is 0 Å². The molecular weight excluding hydrogens is 266 g/mol. The number of aliphatic hydroxyl groups excluding tert-OH is 1. The van der Waals surface area contributed by atoms with Gasteiger partial charge < -0.3 is 9.52 Å². The zero-order valence-electron chi connectivity index (χ0n) is 12.4. The van der Waals surface area contributed by atoms with Crippen LogP contribution in [0.4, 0.5) is 0 Å². The minimum absolute atomic E-state index is 0.0357. The largest absolute Gasteiger partial charge is 0.466 e. The molecule has 0 spiro atoms. The monoisotopic (exact) mass is 287 g/mol. The van der Waals surface area contributed by atoms with E-state index in [9.17, 15) is 9.90 Å². The van der Waals surface area contributed by atoms with Gasteiger partial charge in [-0.3, -0.25) is 9.79 Å². The average molecular weight is 287 g/mol. The summed E-state index contributed by atoms with van der Waals surface area (Å²) in [6.45, 7) is 2.12. The minimum atomic E-state index is -0.376. The maximum atomic E-state index is 12.2. The van der Waals surface area contributed by atoms with Crippen LogP contribution in [0.15, 0.2) is 27.1 Å². The molecule has 0 aromatic carbocycles. The summed E-state index contributed by atoms with van der Waals surface area (Å²) in [7, 11) is 0. The Bertz CT molecular complexity index is 610. The van der Waals surface area contributed by atoms with E-state index in [1.165, 1.54) is 0 Å². The molecule has 4 heteroatoms. The molecule has 4 nitrogen and oxygen atoms in total. The van der Waals surface area contributed by atoms with Crippen molar-refractivity contribution in [2.45, 2.75) is 51.6 Å². The Kier molecular flexibility index (Phi) is 4.06. The fraction of sp³-hybridized carbons (Fsp3) is 0.529. The van der Waals surface area contributed by atoms with Gasteiger partial charge in [0.25, 0.3) is 0 Å². The second-order valence-corrected chi connectivity index (χ2v) is 5.90. The Labute approximate surface area is 124 Å². The molecule has 3 rings (SSSR count). The third-order valence-electron chi connectivity index (χ3n) is 4.18. The molecule has 0 saturated carbocycles. The second kappa shape index (κ2) is 5.98. The van der Waals surface area contributed by atoms with Crippen molar-refractivity contribution in [2.75, 3.05) is 6.54 Å². The lowest BCUT2D eigenvalue weighted by Gasteiger charge is -2.17. The summed E-state index contributed by atoms with van der Waals surface area (Å²) in [5.41, 5.74) is 2.79. The molecule has 2 aliphatic carbocycles. The van der Waals surface area contributed by atoms with Crippen molar-refractivity contribution in [1.29, 1.82) is 0 Å². The first-order valence-corrected chi connectivity index (χ1v) is 7.67. The van der Waals surface area contributed by atoms with E-state index >= 15 is 0 Å². The van der Waals surface area contributed by atoms with E-state index in [1.807, 2.05) is 19.1 Å². The van der Waals surface area contributed by atoms with E-state index in [2.05, 4.69) is 4.99 Å². The third-order valence-corrected chi connectivity index (χ3v) is 4.18. The number of fused-ring (bicyclic) bond motifs is 1. The molecular formula is C17H21NO3. The Balaban J connectivity index is 1.72. The number of carbonyl (C=O) groups excluding carboxylic acids is 1. The lowest BCUT2D eigenvalue weighted by Crippen LogP contribution is -2.19. The number of allylic oxidation sites excluding steroid dienone is 1. The number of nitrogens with zero attached hydrogens (tertiary/aromatic N) is 1. The quantitative estimate of drug-likeness (QED) is 0.929. The van der Waals surface area contributed by atoms with Crippen LogP contribution in [0.25, 0.3) is 0 Å². The topological polar surface area (TPSA) is 62.8 Å². The van der Waals surface area contributed by atoms with E-state index in [0.717, 1.165) is 60.5 Å². The van der Waals surface area contributed by atoms with Crippen molar-refractivity contribution in [2.24, 2.45) is 4.99 Å². The van der Waals surface area contributed by atoms with Gasteiger partial charge in [-0.2, -0.15) is 0 Å². The zero-order valence-corrected chi connectivity index (χ0v) is 12.4. The Morgan fingerprint density at radius 3 is 3.14 bits per heavy atom. The molecule has 1 aromatic heterocycles. The highest BCUT2D eigenvalue weighted by Crippen LogP contribution is 2.25. The number of carbonyl (C=O) groups is 1. The molecule has 1 N–H and O–H groups in total. The molecule has 1 atom stereocenters. The highest BCUT2D eigenvalue weighted by Gasteiger charge is 2.21. The van der Waals surface area contributed by atoms with Gasteiger partial charge in [0.15, 0.2) is 5.78 Å². The van der Waals surface area contributed by atoms with E-state index in [0.29, 0.717) is 6.42 Å². The summed E-state index contributed by atoms with van der Waals surface area (Å²) in [4.78, 5) is 16.7. The van der Waals surface area contributed by atoms with Gasteiger partial charge in [0.05, 0.1) is 6.10 Å². The molecule has 21 heavy (non-hydrogen) atoms. The van der Waals surface area contributed by atoms with Crippen LogP contribution in [0.5, 0.6) is 0 Å². The maximum absolute atomic E-state index is 12.2. The first-order valence-electron chi connectivity index (χ1n) is 7.67. The van der Waals surface area contributed by atoms with Gasteiger partial charge in [0, 0.05) is 24.1 Å². The average Bonchev–Trinajstić information content (AvgIpc) is 2.85. The Hall–Kier alpha value is -1.68. The fourth-order valence-corrected chi connectivity index (χ4v) is 3.09. The first-order chi connectivity index (χ1) is 10.1. The normalized spacial score (nSPS) is 23.8. The van der Waals surface area contributed by atoms with Crippen LogP contribution in [-0.4, -0.2) is 29.3 Å². The number of Topliss-reactive ketones (excluding diaryl/α,β-unsaturated/α-hetero) is 1. The van der Waals surface area contributed by atoms with Crippen molar-refractivity contribution in [3.8, 4) is 0 Å². The van der Waals surface area contributed by atoms with Crippen molar-refractivity contribution in [3.63, 3.8) is 0 Å². The van der Waals surface area contributed by atoms with Crippen molar-refractivity contribution >= 4 is 11.5 Å². The molecule has 0 aliphatic heterocycles. The smallest absolute Gasteiger partial charge is 0.179 e. The lowest BCUT2D eigenvalue weighted by molar-refractivity contribution is -0.114. The number of ketones is 1. The number of aliphatic imine (C=N–C) groups is 1. The third kappa shape index (κ3) is 3.16. The highest BCUT2D eigenvalue weighted by molar-refractivity contribution is 6.05. The molecule has 0 amide bonds. The van der Waals surface area contributed by atoms with Gasteiger partial charge in [0.1, 0.15) is 18.1 Å². The van der Waals surface area contributed by atoms with E-state index in [-0.39, 0.29) is 18.4 Å². The predicted molar refractivity (Wildman–Crippen MR) is 80.7 cm³/mol. The number of aliphatic hydroxyl groups is 1. The first kappa shape index (κ1) is 14.3. The summed E-state index contributed by atoms with van der Waals surface area (Å²) in [5, 5.41) is 9.64. The Morgan fingerprint density at radius 2 is 2.33 bits per heavy atom. The van der Waals surface area contributed by atoms with E-state index < -0.39 is 0 Å². The van der Waals surface area contributed by atoms with E-state index in [4.69, 9.17) is 4.42 Å². The predicted octanol–water partition coefficient (Wildman–Crippen LogP) is 2.75. The molecule has 1 heterocycles. The minimum Gasteiger partial charge on any atom is -0.466 e. The molecule has 0 fully saturated rings. The van der Waals surface area contributed by atoms with Gasteiger partial charge in [-0.15, -0.1) is 0 Å².